The van der Waals surface area contributed by atoms with Crippen LogP contribution in [0.1, 0.15) is 37.7 Å². The van der Waals surface area contributed by atoms with Crippen LogP contribution in [0.3, 0.4) is 0 Å². The van der Waals surface area contributed by atoms with Crippen LogP contribution in [0.2, 0.25) is 0 Å². The zero-order chi connectivity index (χ0) is 12.8. The third-order valence-electron chi connectivity index (χ3n) is 3.58. The Morgan fingerprint density at radius 3 is 2.61 bits per heavy atom. The molecule has 0 heterocycles. The van der Waals surface area contributed by atoms with E-state index in [0.29, 0.717) is 0 Å². The number of halogens is 1. The average Bonchev–Trinajstić information content (AvgIpc) is 2.45. The van der Waals surface area contributed by atoms with Crippen molar-refractivity contribution in [2.24, 2.45) is 5.92 Å². The summed E-state index contributed by atoms with van der Waals surface area (Å²) in [7, 11) is 1.69. The van der Waals surface area contributed by atoms with E-state index in [9.17, 15) is 0 Å². The van der Waals surface area contributed by atoms with E-state index < -0.39 is 0 Å². The molecule has 100 valence electrons. The quantitative estimate of drug-likeness (QED) is 0.743. The normalized spacial score (nSPS) is 16.6. The number of hydrogen-bond acceptors (Lipinski definition) is 2. The van der Waals surface area contributed by atoms with Gasteiger partial charge in [-0.25, -0.2) is 0 Å². The summed E-state index contributed by atoms with van der Waals surface area (Å²) >= 11 is 3.47. The summed E-state index contributed by atoms with van der Waals surface area (Å²) in [5.41, 5.74) is 1.22. The van der Waals surface area contributed by atoms with Crippen molar-refractivity contribution >= 4 is 15.9 Å². The van der Waals surface area contributed by atoms with Crippen LogP contribution < -0.4 is 9.47 Å². The van der Waals surface area contributed by atoms with Crippen molar-refractivity contribution in [3.8, 4) is 11.5 Å². The largest absolute Gasteiger partial charge is 0.493 e. The molecule has 0 amide bonds. The van der Waals surface area contributed by atoms with Crippen LogP contribution >= 0.6 is 15.9 Å². The lowest BCUT2D eigenvalue weighted by atomic mass is 9.90. The van der Waals surface area contributed by atoms with E-state index in [4.69, 9.17) is 9.47 Å². The van der Waals surface area contributed by atoms with Crippen molar-refractivity contribution in [1.82, 2.24) is 0 Å². The summed E-state index contributed by atoms with van der Waals surface area (Å²) in [6.45, 7) is 0.822. The standard InChI is InChI=1S/C15H21BrO2/c1-17-14-8-7-13(10-16)9-15(14)18-11-12-5-3-2-4-6-12/h7-9,12H,2-6,10-11H2,1H3. The Bertz CT molecular complexity index is 373. The summed E-state index contributed by atoms with van der Waals surface area (Å²) < 4.78 is 11.3. The second-order valence-corrected chi connectivity index (χ2v) is 5.49. The van der Waals surface area contributed by atoms with Gasteiger partial charge >= 0.3 is 0 Å². The number of rotatable bonds is 5. The molecule has 0 aromatic heterocycles. The third kappa shape index (κ3) is 3.64. The molecular weight excluding hydrogens is 292 g/mol. The molecule has 0 unspecified atom stereocenters. The minimum atomic E-state index is 0.719. The first-order chi connectivity index (χ1) is 8.83. The lowest BCUT2D eigenvalue weighted by Gasteiger charge is -2.22. The van der Waals surface area contributed by atoms with Gasteiger partial charge in [-0.15, -0.1) is 0 Å². The van der Waals surface area contributed by atoms with Crippen molar-refractivity contribution in [2.75, 3.05) is 13.7 Å². The second-order valence-electron chi connectivity index (χ2n) is 4.93. The SMILES string of the molecule is COc1ccc(CBr)cc1OCC1CCCCC1. The number of ether oxygens (including phenoxy) is 2. The Kier molecular flexibility index (Phi) is 5.36. The van der Waals surface area contributed by atoms with Crippen LogP contribution in [-0.2, 0) is 5.33 Å². The number of benzene rings is 1. The lowest BCUT2D eigenvalue weighted by Crippen LogP contribution is -2.15. The molecule has 1 aromatic rings. The first-order valence-corrected chi connectivity index (χ1v) is 7.81. The minimum Gasteiger partial charge on any atom is -0.493 e. The number of alkyl halides is 1. The van der Waals surface area contributed by atoms with Gasteiger partial charge in [0.25, 0.3) is 0 Å². The van der Waals surface area contributed by atoms with Gasteiger partial charge in [0.05, 0.1) is 13.7 Å². The van der Waals surface area contributed by atoms with Gasteiger partial charge < -0.3 is 9.47 Å². The molecule has 0 bridgehead atoms. The summed E-state index contributed by atoms with van der Waals surface area (Å²) in [6, 6.07) is 6.10. The van der Waals surface area contributed by atoms with Gasteiger partial charge in [0.1, 0.15) is 0 Å². The highest BCUT2D eigenvalue weighted by Crippen LogP contribution is 2.31. The highest BCUT2D eigenvalue weighted by molar-refractivity contribution is 9.08. The molecule has 2 rings (SSSR count). The van der Waals surface area contributed by atoms with E-state index in [-0.39, 0.29) is 0 Å². The Balaban J connectivity index is 1.97. The maximum Gasteiger partial charge on any atom is 0.161 e. The van der Waals surface area contributed by atoms with Crippen molar-refractivity contribution in [3.63, 3.8) is 0 Å². The molecule has 1 fully saturated rings. The Morgan fingerprint density at radius 2 is 1.94 bits per heavy atom. The van der Waals surface area contributed by atoms with Crippen LogP contribution in [-0.4, -0.2) is 13.7 Å². The molecule has 0 radical (unpaired) electrons. The van der Waals surface area contributed by atoms with Crippen molar-refractivity contribution in [1.29, 1.82) is 0 Å². The van der Waals surface area contributed by atoms with Crippen molar-refractivity contribution in [2.45, 2.75) is 37.4 Å². The Labute approximate surface area is 118 Å². The molecule has 1 aliphatic carbocycles. The van der Waals surface area contributed by atoms with Crippen LogP contribution in [0.25, 0.3) is 0 Å². The Morgan fingerprint density at radius 1 is 1.17 bits per heavy atom. The summed E-state index contributed by atoms with van der Waals surface area (Å²) in [6.07, 6.45) is 6.71. The first-order valence-electron chi connectivity index (χ1n) is 6.69. The summed E-state index contributed by atoms with van der Waals surface area (Å²) in [5.74, 6) is 2.42. The van der Waals surface area contributed by atoms with Gasteiger partial charge in [-0.05, 0) is 36.5 Å². The molecule has 0 saturated heterocycles. The monoisotopic (exact) mass is 312 g/mol. The highest BCUT2D eigenvalue weighted by Gasteiger charge is 2.15. The van der Waals surface area contributed by atoms with E-state index in [0.717, 1.165) is 29.4 Å². The molecule has 3 heteroatoms. The maximum atomic E-state index is 5.96. The molecule has 0 N–H and O–H groups in total. The van der Waals surface area contributed by atoms with E-state index in [1.54, 1.807) is 7.11 Å². The summed E-state index contributed by atoms with van der Waals surface area (Å²) in [5, 5.41) is 0.844. The molecule has 18 heavy (non-hydrogen) atoms. The van der Waals surface area contributed by atoms with Gasteiger partial charge in [-0.1, -0.05) is 41.3 Å². The summed E-state index contributed by atoms with van der Waals surface area (Å²) in [4.78, 5) is 0. The molecule has 0 spiro atoms. The molecule has 1 saturated carbocycles. The zero-order valence-electron chi connectivity index (χ0n) is 11.0. The van der Waals surface area contributed by atoms with E-state index in [2.05, 4.69) is 28.1 Å². The van der Waals surface area contributed by atoms with Crippen LogP contribution in [0.15, 0.2) is 18.2 Å². The minimum absolute atomic E-state index is 0.719. The second kappa shape index (κ2) is 7.03. The maximum absolute atomic E-state index is 5.96. The van der Waals surface area contributed by atoms with E-state index in [1.165, 1.54) is 37.7 Å². The lowest BCUT2D eigenvalue weighted by molar-refractivity contribution is 0.202. The fourth-order valence-electron chi connectivity index (χ4n) is 2.48. The molecule has 2 nitrogen and oxygen atoms in total. The first kappa shape index (κ1) is 13.7. The van der Waals surface area contributed by atoms with Crippen LogP contribution in [0, 0.1) is 5.92 Å². The molecule has 0 atom stereocenters. The predicted molar refractivity (Wildman–Crippen MR) is 77.7 cm³/mol. The predicted octanol–water partition coefficient (Wildman–Crippen LogP) is 4.55. The van der Waals surface area contributed by atoms with Gasteiger partial charge in [-0.2, -0.15) is 0 Å². The molecule has 1 aromatic carbocycles. The molecule has 1 aliphatic rings. The van der Waals surface area contributed by atoms with Crippen LogP contribution in [0.4, 0.5) is 0 Å². The fraction of sp³-hybridized carbons (Fsp3) is 0.600. The molecule has 0 aliphatic heterocycles. The number of methoxy groups -OCH3 is 1. The smallest absolute Gasteiger partial charge is 0.161 e. The third-order valence-corrected chi connectivity index (χ3v) is 4.23. The highest BCUT2D eigenvalue weighted by atomic mass is 79.9. The van der Waals surface area contributed by atoms with Crippen molar-refractivity contribution in [3.05, 3.63) is 23.8 Å². The van der Waals surface area contributed by atoms with Gasteiger partial charge in [0, 0.05) is 5.33 Å². The fourth-order valence-corrected chi connectivity index (χ4v) is 2.83. The van der Waals surface area contributed by atoms with Gasteiger partial charge in [0.15, 0.2) is 11.5 Å². The average molecular weight is 313 g/mol. The van der Waals surface area contributed by atoms with Crippen LogP contribution in [0.5, 0.6) is 11.5 Å². The Hall–Kier alpha value is -0.700. The number of hydrogen-bond donors (Lipinski definition) is 0. The van der Waals surface area contributed by atoms with E-state index >= 15 is 0 Å². The van der Waals surface area contributed by atoms with Crippen molar-refractivity contribution < 1.29 is 9.47 Å². The van der Waals surface area contributed by atoms with E-state index in [1.807, 2.05) is 6.07 Å². The zero-order valence-corrected chi connectivity index (χ0v) is 12.5. The molecular formula is C15H21BrO2. The van der Waals surface area contributed by atoms with Gasteiger partial charge in [-0.3, -0.25) is 0 Å². The topological polar surface area (TPSA) is 18.5 Å². The van der Waals surface area contributed by atoms with Gasteiger partial charge in [0.2, 0.25) is 0 Å².